The maximum absolute atomic E-state index is 12.8. The maximum atomic E-state index is 12.8. The van der Waals surface area contributed by atoms with E-state index in [1.807, 2.05) is 0 Å². The predicted molar refractivity (Wildman–Crippen MR) is 126 cm³/mol. The molecule has 2 aliphatic heterocycles. The first-order chi connectivity index (χ1) is 17.4. The first-order valence-electron chi connectivity index (χ1n) is 11.2. The van der Waals surface area contributed by atoms with Crippen LogP contribution in [0.25, 0.3) is 0 Å². The van der Waals surface area contributed by atoms with Crippen molar-refractivity contribution in [3.63, 3.8) is 0 Å². The highest BCUT2D eigenvalue weighted by molar-refractivity contribution is 5.96. The van der Waals surface area contributed by atoms with Gasteiger partial charge in [-0.15, -0.1) is 0 Å². The summed E-state index contributed by atoms with van der Waals surface area (Å²) in [6, 6.07) is 12.2. The third-order valence-corrected chi connectivity index (χ3v) is 5.85. The number of carbonyl (C=O) groups is 4. The lowest BCUT2D eigenvalue weighted by Gasteiger charge is -2.17. The summed E-state index contributed by atoms with van der Waals surface area (Å²) in [6.07, 6.45) is 0.834. The monoisotopic (exact) mass is 492 g/mol. The molecule has 2 aliphatic rings. The van der Waals surface area contributed by atoms with E-state index in [9.17, 15) is 19.2 Å². The highest BCUT2D eigenvalue weighted by Gasteiger charge is 2.49. The van der Waals surface area contributed by atoms with Gasteiger partial charge in [-0.2, -0.15) is 0 Å². The summed E-state index contributed by atoms with van der Waals surface area (Å²) in [5.74, 6) is -1.45. The number of ketones is 1. The first kappa shape index (κ1) is 25.0. The van der Waals surface area contributed by atoms with E-state index in [0.29, 0.717) is 17.9 Å². The molecule has 0 radical (unpaired) electrons. The molecule has 36 heavy (non-hydrogen) atoms. The summed E-state index contributed by atoms with van der Waals surface area (Å²) in [5.41, 5.74) is 0.754. The van der Waals surface area contributed by atoms with Crippen molar-refractivity contribution in [2.45, 2.75) is 24.7 Å². The van der Waals surface area contributed by atoms with Crippen LogP contribution in [0.4, 0.5) is 0 Å². The quantitative estimate of drug-likeness (QED) is 0.225. The number of benzene rings is 2. The van der Waals surface area contributed by atoms with Crippen molar-refractivity contribution in [3.8, 4) is 11.5 Å². The van der Waals surface area contributed by atoms with E-state index in [1.165, 1.54) is 24.3 Å². The minimum atomic E-state index is -0.611. The predicted octanol–water partition coefficient (Wildman–Crippen LogP) is 3.08. The van der Waals surface area contributed by atoms with Crippen LogP contribution in [0.5, 0.6) is 11.5 Å². The standard InChI is InChI=1S/C27H24O9/c1-3-23(29)34-19-9-5-16(6-10-19)21(28)13-18-14-32-26-22(15-33-25(18)26)36-27(31)17-7-11-20(12-8-17)35-24(30)4-2/h3-12,18,22,25-26H,1-2,13-15H2/t18-,22?,25+,26+/m0/s1. The lowest BCUT2D eigenvalue weighted by molar-refractivity contribution is -0.129. The molecule has 0 aliphatic carbocycles. The van der Waals surface area contributed by atoms with E-state index in [0.717, 1.165) is 12.2 Å². The fourth-order valence-corrected chi connectivity index (χ4v) is 4.06. The molecule has 0 N–H and O–H groups in total. The Balaban J connectivity index is 1.30. The van der Waals surface area contributed by atoms with Gasteiger partial charge in [-0.3, -0.25) is 4.79 Å². The van der Waals surface area contributed by atoms with Crippen molar-refractivity contribution in [2.75, 3.05) is 13.2 Å². The molecule has 4 atom stereocenters. The summed E-state index contributed by atoms with van der Waals surface area (Å²) in [4.78, 5) is 47.9. The zero-order chi connectivity index (χ0) is 25.7. The van der Waals surface area contributed by atoms with E-state index in [2.05, 4.69) is 13.2 Å². The van der Waals surface area contributed by atoms with Crippen molar-refractivity contribution in [3.05, 3.63) is 85.0 Å². The highest BCUT2D eigenvalue weighted by Crippen LogP contribution is 2.35. The highest BCUT2D eigenvalue weighted by atomic mass is 16.6. The number of ether oxygens (including phenoxy) is 5. The molecule has 1 unspecified atom stereocenters. The molecule has 0 aromatic heterocycles. The number of carbonyl (C=O) groups excluding carboxylic acids is 4. The van der Waals surface area contributed by atoms with E-state index in [-0.39, 0.29) is 42.1 Å². The largest absolute Gasteiger partial charge is 0.453 e. The Kier molecular flexibility index (Phi) is 7.72. The van der Waals surface area contributed by atoms with Crippen LogP contribution in [0, 0.1) is 5.92 Å². The van der Waals surface area contributed by atoms with Gasteiger partial charge in [-0.1, -0.05) is 13.2 Å². The van der Waals surface area contributed by atoms with Gasteiger partial charge in [0.1, 0.15) is 17.6 Å². The molecule has 186 valence electrons. The molecule has 0 amide bonds. The van der Waals surface area contributed by atoms with Crippen LogP contribution in [0.3, 0.4) is 0 Å². The van der Waals surface area contributed by atoms with Gasteiger partial charge in [0, 0.05) is 30.1 Å². The topological polar surface area (TPSA) is 114 Å². The van der Waals surface area contributed by atoms with Crippen LogP contribution >= 0.6 is 0 Å². The van der Waals surface area contributed by atoms with Gasteiger partial charge in [0.25, 0.3) is 0 Å². The summed E-state index contributed by atoms with van der Waals surface area (Å²) in [6.45, 7) is 7.12. The molecule has 2 fully saturated rings. The molecule has 2 heterocycles. The van der Waals surface area contributed by atoms with Crippen molar-refractivity contribution in [1.82, 2.24) is 0 Å². The zero-order valence-corrected chi connectivity index (χ0v) is 19.3. The Labute approximate surface area is 207 Å². The number of Topliss-reactive ketones (excluding diaryl/α,β-unsaturated/α-hetero) is 1. The Morgan fingerprint density at radius 2 is 1.31 bits per heavy atom. The summed E-state index contributed by atoms with van der Waals surface area (Å²) in [5, 5.41) is 0. The van der Waals surface area contributed by atoms with Crippen LogP contribution in [0.15, 0.2) is 73.8 Å². The van der Waals surface area contributed by atoms with Crippen molar-refractivity contribution < 1.29 is 42.9 Å². The van der Waals surface area contributed by atoms with Gasteiger partial charge in [-0.25, -0.2) is 14.4 Å². The minimum Gasteiger partial charge on any atom is -0.453 e. The summed E-state index contributed by atoms with van der Waals surface area (Å²) in [7, 11) is 0. The lowest BCUT2D eigenvalue weighted by Crippen LogP contribution is -2.33. The molecule has 0 saturated carbocycles. The average Bonchev–Trinajstić information content (AvgIpc) is 3.47. The third kappa shape index (κ3) is 5.76. The minimum absolute atomic E-state index is 0.105. The van der Waals surface area contributed by atoms with Gasteiger partial charge in [0.2, 0.25) is 0 Å². The van der Waals surface area contributed by atoms with Crippen molar-refractivity contribution in [1.29, 1.82) is 0 Å². The van der Waals surface area contributed by atoms with Crippen LogP contribution in [0.2, 0.25) is 0 Å². The fourth-order valence-electron chi connectivity index (χ4n) is 4.06. The number of fused-ring (bicyclic) bond motifs is 1. The maximum Gasteiger partial charge on any atom is 0.338 e. The number of hydrogen-bond acceptors (Lipinski definition) is 9. The second kappa shape index (κ2) is 11.1. The van der Waals surface area contributed by atoms with Gasteiger partial charge in [0.05, 0.1) is 24.9 Å². The molecule has 2 aromatic carbocycles. The normalized spacial score (nSPS) is 22.2. The van der Waals surface area contributed by atoms with Gasteiger partial charge in [-0.05, 0) is 48.5 Å². The van der Waals surface area contributed by atoms with E-state index in [1.54, 1.807) is 24.3 Å². The summed E-state index contributed by atoms with van der Waals surface area (Å²) >= 11 is 0. The zero-order valence-electron chi connectivity index (χ0n) is 19.3. The Bertz CT molecular complexity index is 1070. The molecule has 9 heteroatoms. The second-order valence-corrected chi connectivity index (χ2v) is 8.23. The van der Waals surface area contributed by atoms with Crippen LogP contribution in [-0.4, -0.2) is 55.2 Å². The molecule has 4 rings (SSSR count). The van der Waals surface area contributed by atoms with Gasteiger partial charge < -0.3 is 23.7 Å². The van der Waals surface area contributed by atoms with Crippen LogP contribution < -0.4 is 9.47 Å². The van der Waals surface area contributed by atoms with E-state index < -0.39 is 30.1 Å². The van der Waals surface area contributed by atoms with Crippen molar-refractivity contribution >= 4 is 23.7 Å². The number of esters is 3. The smallest absolute Gasteiger partial charge is 0.338 e. The van der Waals surface area contributed by atoms with Gasteiger partial charge >= 0.3 is 17.9 Å². The molecule has 0 spiro atoms. The molecule has 2 aromatic rings. The second-order valence-electron chi connectivity index (χ2n) is 8.23. The van der Waals surface area contributed by atoms with Gasteiger partial charge in [0.15, 0.2) is 11.9 Å². The first-order valence-corrected chi connectivity index (χ1v) is 11.2. The van der Waals surface area contributed by atoms with E-state index in [4.69, 9.17) is 23.7 Å². The molecule has 0 bridgehead atoms. The van der Waals surface area contributed by atoms with Crippen LogP contribution in [0.1, 0.15) is 27.1 Å². The average molecular weight is 492 g/mol. The Morgan fingerprint density at radius 1 is 0.778 bits per heavy atom. The van der Waals surface area contributed by atoms with E-state index >= 15 is 0 Å². The fraction of sp³-hybridized carbons (Fsp3) is 0.259. The molecule has 2 saturated heterocycles. The number of hydrogen-bond donors (Lipinski definition) is 0. The molecular formula is C27H24O9. The van der Waals surface area contributed by atoms with Crippen molar-refractivity contribution in [2.24, 2.45) is 5.92 Å². The Morgan fingerprint density at radius 3 is 1.86 bits per heavy atom. The third-order valence-electron chi connectivity index (χ3n) is 5.85. The summed E-state index contributed by atoms with van der Waals surface area (Å²) < 4.78 is 27.3. The molecular weight excluding hydrogens is 468 g/mol. The number of rotatable bonds is 9. The lowest BCUT2D eigenvalue weighted by atomic mass is 9.93. The molecule has 9 nitrogen and oxygen atoms in total. The van der Waals surface area contributed by atoms with Crippen LogP contribution in [-0.2, 0) is 23.8 Å². The Hall–Kier alpha value is -4.08. The SMILES string of the molecule is C=CC(=O)Oc1ccc(C(=O)C[C@H]2CO[C@@H]3C(OC(=O)c4ccc(OC(=O)C=C)cc4)CO[C@H]23)cc1.